The van der Waals surface area contributed by atoms with Gasteiger partial charge in [-0.1, -0.05) is 5.16 Å². The lowest BCUT2D eigenvalue weighted by molar-refractivity contribution is 0.424. The summed E-state index contributed by atoms with van der Waals surface area (Å²) in [4.78, 5) is 12.2. The number of hydrogen-bond acceptors (Lipinski definition) is 6. The van der Waals surface area contributed by atoms with Crippen molar-refractivity contribution in [3.05, 3.63) is 42.0 Å². The molecule has 0 amide bonds. The Hall–Kier alpha value is -2.83. The number of hydrogen-bond donors (Lipinski definition) is 1. The molecule has 100 valence electrons. The van der Waals surface area contributed by atoms with Crippen LogP contribution < -0.4 is 0 Å². The van der Waals surface area contributed by atoms with Crippen LogP contribution in [0.25, 0.3) is 23.1 Å². The molecular weight excluding hydrogens is 263 g/mol. The van der Waals surface area contributed by atoms with Gasteiger partial charge in [0, 0.05) is 12.4 Å². The maximum atomic E-state index is 13.2. The molecule has 1 aromatic carbocycles. The lowest BCUT2D eigenvalue weighted by Gasteiger charge is -1.98. The van der Waals surface area contributed by atoms with Crippen molar-refractivity contribution in [2.45, 2.75) is 6.92 Å². The van der Waals surface area contributed by atoms with Crippen molar-refractivity contribution in [2.75, 3.05) is 0 Å². The van der Waals surface area contributed by atoms with Gasteiger partial charge in [-0.2, -0.15) is 4.98 Å². The molecule has 0 aliphatic heterocycles. The minimum Gasteiger partial charge on any atom is -0.507 e. The van der Waals surface area contributed by atoms with Crippen molar-refractivity contribution in [3.63, 3.8) is 0 Å². The molecule has 3 rings (SSSR count). The fourth-order valence-electron chi connectivity index (χ4n) is 1.61. The van der Waals surface area contributed by atoms with E-state index in [1.165, 1.54) is 6.07 Å². The van der Waals surface area contributed by atoms with Crippen molar-refractivity contribution in [3.8, 4) is 28.9 Å². The van der Waals surface area contributed by atoms with Crippen LogP contribution in [0, 0.1) is 12.7 Å². The number of phenolic OH excluding ortho intramolecular Hbond substituents is 1. The van der Waals surface area contributed by atoms with Gasteiger partial charge in [-0.3, -0.25) is 0 Å². The van der Waals surface area contributed by atoms with Gasteiger partial charge in [0.15, 0.2) is 0 Å². The second-order valence-electron chi connectivity index (χ2n) is 4.17. The number of rotatable bonds is 2. The van der Waals surface area contributed by atoms with Crippen LogP contribution in [0.5, 0.6) is 5.75 Å². The highest BCUT2D eigenvalue weighted by molar-refractivity contribution is 5.63. The molecule has 6 nitrogen and oxygen atoms in total. The van der Waals surface area contributed by atoms with Gasteiger partial charge < -0.3 is 9.63 Å². The third-order valence-corrected chi connectivity index (χ3v) is 2.60. The number of phenols is 1. The summed E-state index contributed by atoms with van der Waals surface area (Å²) in [5.41, 5.74) is 1.02. The molecular formula is C13H9FN4O2. The third-order valence-electron chi connectivity index (χ3n) is 2.60. The van der Waals surface area contributed by atoms with E-state index in [0.717, 1.165) is 17.7 Å². The highest BCUT2D eigenvalue weighted by Gasteiger charge is 2.16. The van der Waals surface area contributed by atoms with E-state index >= 15 is 0 Å². The Morgan fingerprint density at radius 3 is 2.65 bits per heavy atom. The maximum absolute atomic E-state index is 13.2. The highest BCUT2D eigenvalue weighted by Crippen LogP contribution is 2.29. The standard InChI is InChI=1S/C13H9FN4O2/c1-7-5-15-11(16-6-7)12-17-13(20-18-12)9-4-8(14)2-3-10(9)19/h2-6,19H,1H3. The number of nitrogens with zero attached hydrogens (tertiary/aromatic N) is 4. The second-order valence-corrected chi connectivity index (χ2v) is 4.17. The lowest BCUT2D eigenvalue weighted by atomic mass is 10.2. The van der Waals surface area contributed by atoms with Gasteiger partial charge >= 0.3 is 0 Å². The second kappa shape index (κ2) is 4.69. The van der Waals surface area contributed by atoms with E-state index in [9.17, 15) is 9.50 Å². The molecule has 20 heavy (non-hydrogen) atoms. The molecule has 0 saturated carbocycles. The number of aromatic nitrogens is 4. The van der Waals surface area contributed by atoms with E-state index in [1.807, 2.05) is 6.92 Å². The normalized spacial score (nSPS) is 10.7. The van der Waals surface area contributed by atoms with Crippen molar-refractivity contribution in [1.29, 1.82) is 0 Å². The fraction of sp³-hybridized carbons (Fsp3) is 0.0769. The number of benzene rings is 1. The summed E-state index contributed by atoms with van der Waals surface area (Å²) in [5.74, 6) is -0.193. The van der Waals surface area contributed by atoms with E-state index in [4.69, 9.17) is 4.52 Å². The van der Waals surface area contributed by atoms with Crippen LogP contribution in [0.3, 0.4) is 0 Å². The van der Waals surface area contributed by atoms with Gasteiger partial charge in [-0.05, 0) is 30.7 Å². The molecule has 0 unspecified atom stereocenters. The van der Waals surface area contributed by atoms with E-state index in [1.54, 1.807) is 12.4 Å². The lowest BCUT2D eigenvalue weighted by Crippen LogP contribution is -1.91. The molecule has 0 atom stereocenters. The number of aromatic hydroxyl groups is 1. The molecule has 0 aliphatic carbocycles. The molecule has 1 N–H and O–H groups in total. The summed E-state index contributed by atoms with van der Waals surface area (Å²) in [5, 5.41) is 13.4. The molecule has 0 spiro atoms. The van der Waals surface area contributed by atoms with Gasteiger partial charge in [0.25, 0.3) is 5.89 Å². The van der Waals surface area contributed by atoms with Crippen molar-refractivity contribution < 1.29 is 14.0 Å². The monoisotopic (exact) mass is 272 g/mol. The molecule has 0 aliphatic rings. The average Bonchev–Trinajstić information content (AvgIpc) is 2.92. The van der Waals surface area contributed by atoms with Gasteiger partial charge in [0.2, 0.25) is 11.6 Å². The topological polar surface area (TPSA) is 84.9 Å². The molecule has 7 heteroatoms. The predicted octanol–water partition coefficient (Wildman–Crippen LogP) is 2.35. The summed E-state index contributed by atoms with van der Waals surface area (Å²) in [6.45, 7) is 1.86. The zero-order valence-corrected chi connectivity index (χ0v) is 10.4. The first kappa shape index (κ1) is 12.2. The SMILES string of the molecule is Cc1cnc(-c2noc(-c3cc(F)ccc3O)n2)nc1. The summed E-state index contributed by atoms with van der Waals surface area (Å²) < 4.78 is 18.2. The van der Waals surface area contributed by atoms with E-state index in [2.05, 4.69) is 20.1 Å². The largest absolute Gasteiger partial charge is 0.507 e. The Labute approximate surface area is 112 Å². The zero-order chi connectivity index (χ0) is 14.1. The van der Waals surface area contributed by atoms with Crippen LogP contribution >= 0.6 is 0 Å². The Balaban J connectivity index is 2.01. The first-order chi connectivity index (χ1) is 9.63. The van der Waals surface area contributed by atoms with Crippen LogP contribution in [0.15, 0.2) is 35.1 Å². The van der Waals surface area contributed by atoms with Crippen LogP contribution in [0.2, 0.25) is 0 Å². The van der Waals surface area contributed by atoms with Crippen LogP contribution in [-0.2, 0) is 0 Å². The maximum Gasteiger partial charge on any atom is 0.262 e. The van der Waals surface area contributed by atoms with Crippen LogP contribution in [-0.4, -0.2) is 25.2 Å². The molecule has 0 radical (unpaired) electrons. The predicted molar refractivity (Wildman–Crippen MR) is 67.1 cm³/mol. The quantitative estimate of drug-likeness (QED) is 0.770. The fourth-order valence-corrected chi connectivity index (χ4v) is 1.61. The Kier molecular flexibility index (Phi) is 2.86. The Morgan fingerprint density at radius 2 is 1.90 bits per heavy atom. The van der Waals surface area contributed by atoms with Crippen LogP contribution in [0.1, 0.15) is 5.56 Å². The van der Waals surface area contributed by atoms with Crippen LogP contribution in [0.4, 0.5) is 4.39 Å². The Bertz CT molecular complexity index is 755. The first-order valence-electron chi connectivity index (χ1n) is 5.75. The molecule has 3 aromatic rings. The summed E-state index contributed by atoms with van der Waals surface area (Å²) in [7, 11) is 0. The van der Waals surface area contributed by atoms with E-state index < -0.39 is 5.82 Å². The first-order valence-corrected chi connectivity index (χ1v) is 5.75. The average molecular weight is 272 g/mol. The summed E-state index contributed by atoms with van der Waals surface area (Å²) >= 11 is 0. The zero-order valence-electron chi connectivity index (χ0n) is 10.4. The molecule has 2 aromatic heterocycles. The van der Waals surface area contributed by atoms with Gasteiger partial charge in [-0.25, -0.2) is 14.4 Å². The van der Waals surface area contributed by atoms with Crippen molar-refractivity contribution >= 4 is 0 Å². The Morgan fingerprint density at radius 1 is 1.15 bits per heavy atom. The van der Waals surface area contributed by atoms with Gasteiger partial charge in [-0.15, -0.1) is 0 Å². The third kappa shape index (κ3) is 2.20. The summed E-state index contributed by atoms with van der Waals surface area (Å²) in [6.07, 6.45) is 3.25. The van der Waals surface area contributed by atoms with Gasteiger partial charge in [0.1, 0.15) is 11.6 Å². The smallest absolute Gasteiger partial charge is 0.262 e. The molecule has 0 saturated heterocycles. The molecule has 0 fully saturated rings. The molecule has 0 bridgehead atoms. The number of aryl methyl sites for hydroxylation is 1. The van der Waals surface area contributed by atoms with E-state index in [-0.39, 0.29) is 23.0 Å². The van der Waals surface area contributed by atoms with Gasteiger partial charge in [0.05, 0.1) is 5.56 Å². The van der Waals surface area contributed by atoms with Crippen molar-refractivity contribution in [2.24, 2.45) is 0 Å². The minimum atomic E-state index is -0.510. The van der Waals surface area contributed by atoms with Crippen molar-refractivity contribution in [1.82, 2.24) is 20.1 Å². The molecule has 2 heterocycles. The highest BCUT2D eigenvalue weighted by atomic mass is 19.1. The van der Waals surface area contributed by atoms with E-state index in [0.29, 0.717) is 5.82 Å². The number of halogens is 1. The summed E-state index contributed by atoms with van der Waals surface area (Å²) in [6, 6.07) is 3.47. The minimum absolute atomic E-state index is 0.00109.